The zero-order valence-corrected chi connectivity index (χ0v) is 15.5. The van der Waals surface area contributed by atoms with Crippen LogP contribution in [0.1, 0.15) is 28.0 Å². The van der Waals surface area contributed by atoms with Crippen LogP contribution in [0.15, 0.2) is 53.9 Å². The number of thiazole rings is 1. The molecule has 1 N–H and O–H groups in total. The van der Waals surface area contributed by atoms with Crippen LogP contribution in [0.4, 0.5) is 5.69 Å². The summed E-state index contributed by atoms with van der Waals surface area (Å²) < 4.78 is 11.1. The lowest BCUT2D eigenvalue weighted by molar-refractivity contribution is 0.102. The Hall–Kier alpha value is -2.86. The van der Waals surface area contributed by atoms with Crippen LogP contribution >= 0.6 is 11.3 Å². The Kier molecular flexibility index (Phi) is 5.86. The maximum Gasteiger partial charge on any atom is 0.255 e. The van der Waals surface area contributed by atoms with Crippen LogP contribution in [0.25, 0.3) is 0 Å². The second kappa shape index (κ2) is 8.49. The molecule has 0 saturated heterocycles. The van der Waals surface area contributed by atoms with Crippen LogP contribution in [0, 0.1) is 6.92 Å². The van der Waals surface area contributed by atoms with E-state index >= 15 is 0 Å². The molecular formula is C20H20N2O3S. The number of anilines is 1. The quantitative estimate of drug-likeness (QED) is 0.658. The maximum atomic E-state index is 12.3. The Morgan fingerprint density at radius 2 is 1.69 bits per heavy atom. The SMILES string of the molecule is CCOc1ccc(NC(=O)c2ccc(OCc3nc(C)cs3)cc2)cc1. The molecule has 6 heteroatoms. The number of carbonyl (C=O) groups is 1. The summed E-state index contributed by atoms with van der Waals surface area (Å²) in [5.74, 6) is 1.31. The number of hydrogen-bond donors (Lipinski definition) is 1. The van der Waals surface area contributed by atoms with E-state index in [-0.39, 0.29) is 5.91 Å². The first-order chi connectivity index (χ1) is 12.6. The number of nitrogens with one attached hydrogen (secondary N) is 1. The van der Waals surface area contributed by atoms with Gasteiger partial charge in [-0.1, -0.05) is 0 Å². The molecule has 0 aliphatic carbocycles. The van der Waals surface area contributed by atoms with Crippen LogP contribution in [0.5, 0.6) is 11.5 Å². The van der Waals surface area contributed by atoms with E-state index in [0.717, 1.165) is 22.1 Å². The fourth-order valence-corrected chi connectivity index (χ4v) is 3.00. The molecule has 0 atom stereocenters. The Morgan fingerprint density at radius 1 is 1.04 bits per heavy atom. The molecule has 1 heterocycles. The van der Waals surface area contributed by atoms with Gasteiger partial charge in [0.05, 0.1) is 6.61 Å². The average Bonchev–Trinajstić information content (AvgIpc) is 3.07. The minimum Gasteiger partial charge on any atom is -0.494 e. The highest BCUT2D eigenvalue weighted by Crippen LogP contribution is 2.19. The van der Waals surface area contributed by atoms with Crippen LogP contribution in [0.3, 0.4) is 0 Å². The lowest BCUT2D eigenvalue weighted by Crippen LogP contribution is -2.11. The molecule has 0 radical (unpaired) electrons. The van der Waals surface area contributed by atoms with Crippen molar-refractivity contribution in [3.8, 4) is 11.5 Å². The van der Waals surface area contributed by atoms with Crippen molar-refractivity contribution in [1.29, 1.82) is 0 Å². The zero-order chi connectivity index (χ0) is 18.4. The smallest absolute Gasteiger partial charge is 0.255 e. The first kappa shape index (κ1) is 17.9. The van der Waals surface area contributed by atoms with Gasteiger partial charge in [0.2, 0.25) is 0 Å². The van der Waals surface area contributed by atoms with Crippen molar-refractivity contribution in [2.45, 2.75) is 20.5 Å². The molecule has 0 aliphatic rings. The summed E-state index contributed by atoms with van der Waals surface area (Å²) in [7, 11) is 0. The van der Waals surface area contributed by atoms with Crippen LogP contribution in [0.2, 0.25) is 0 Å². The molecular weight excluding hydrogens is 348 g/mol. The van der Waals surface area contributed by atoms with E-state index in [1.165, 1.54) is 0 Å². The van der Waals surface area contributed by atoms with Crippen molar-refractivity contribution in [1.82, 2.24) is 4.98 Å². The summed E-state index contributed by atoms with van der Waals surface area (Å²) in [4.78, 5) is 16.7. The van der Waals surface area contributed by atoms with Gasteiger partial charge in [0.15, 0.2) is 0 Å². The van der Waals surface area contributed by atoms with E-state index in [1.54, 1.807) is 35.6 Å². The predicted octanol–water partition coefficient (Wildman–Crippen LogP) is 4.68. The van der Waals surface area contributed by atoms with Gasteiger partial charge < -0.3 is 14.8 Å². The van der Waals surface area contributed by atoms with E-state index in [0.29, 0.717) is 24.5 Å². The van der Waals surface area contributed by atoms with E-state index in [9.17, 15) is 4.79 Å². The Labute approximate surface area is 156 Å². The summed E-state index contributed by atoms with van der Waals surface area (Å²) in [6.45, 7) is 4.93. The van der Waals surface area contributed by atoms with Gasteiger partial charge in [-0.3, -0.25) is 4.79 Å². The molecule has 0 bridgehead atoms. The third-order valence-electron chi connectivity index (χ3n) is 3.57. The monoisotopic (exact) mass is 368 g/mol. The topological polar surface area (TPSA) is 60.5 Å². The van der Waals surface area contributed by atoms with E-state index in [1.807, 2.05) is 43.5 Å². The third-order valence-corrected chi connectivity index (χ3v) is 4.51. The van der Waals surface area contributed by atoms with E-state index in [2.05, 4.69) is 10.3 Å². The second-order valence-electron chi connectivity index (χ2n) is 5.61. The highest BCUT2D eigenvalue weighted by atomic mass is 32.1. The predicted molar refractivity (Wildman–Crippen MR) is 103 cm³/mol. The minimum atomic E-state index is -0.170. The number of aryl methyl sites for hydroxylation is 1. The van der Waals surface area contributed by atoms with Crippen molar-refractivity contribution in [3.63, 3.8) is 0 Å². The van der Waals surface area contributed by atoms with Gasteiger partial charge in [-0.05, 0) is 62.4 Å². The summed E-state index contributed by atoms with van der Waals surface area (Å²) in [5.41, 5.74) is 2.28. The van der Waals surface area contributed by atoms with Gasteiger partial charge in [-0.2, -0.15) is 0 Å². The summed E-state index contributed by atoms with van der Waals surface area (Å²) in [6, 6.07) is 14.3. The Bertz CT molecular complexity index is 858. The summed E-state index contributed by atoms with van der Waals surface area (Å²) in [5, 5.41) is 5.79. The highest BCUT2D eigenvalue weighted by Gasteiger charge is 2.07. The summed E-state index contributed by atoms with van der Waals surface area (Å²) in [6.07, 6.45) is 0. The lowest BCUT2D eigenvalue weighted by Gasteiger charge is -2.08. The molecule has 0 aliphatic heterocycles. The summed E-state index contributed by atoms with van der Waals surface area (Å²) >= 11 is 1.57. The van der Waals surface area contributed by atoms with Gasteiger partial charge in [0.25, 0.3) is 5.91 Å². The van der Waals surface area contributed by atoms with Gasteiger partial charge in [0.1, 0.15) is 23.1 Å². The maximum absolute atomic E-state index is 12.3. The number of aromatic nitrogens is 1. The molecule has 0 saturated carbocycles. The number of benzene rings is 2. The molecule has 0 unspecified atom stereocenters. The zero-order valence-electron chi connectivity index (χ0n) is 14.7. The minimum absolute atomic E-state index is 0.170. The fraction of sp³-hybridized carbons (Fsp3) is 0.200. The van der Waals surface area contributed by atoms with E-state index in [4.69, 9.17) is 9.47 Å². The molecule has 1 aromatic heterocycles. The lowest BCUT2D eigenvalue weighted by atomic mass is 10.2. The first-order valence-electron chi connectivity index (χ1n) is 8.32. The standard InChI is InChI=1S/C20H20N2O3S/c1-3-24-17-10-6-16(7-11-17)22-20(23)15-4-8-18(9-5-15)25-12-19-21-14(2)13-26-19/h4-11,13H,3,12H2,1-2H3,(H,22,23). The number of carbonyl (C=O) groups excluding carboxylic acids is 1. The van der Waals surface area contributed by atoms with Gasteiger partial charge in [-0.25, -0.2) is 4.98 Å². The number of amides is 1. The van der Waals surface area contributed by atoms with Crippen molar-refractivity contribution < 1.29 is 14.3 Å². The van der Waals surface area contributed by atoms with Crippen molar-refractivity contribution in [3.05, 3.63) is 70.2 Å². The molecule has 0 spiro atoms. The van der Waals surface area contributed by atoms with E-state index < -0.39 is 0 Å². The molecule has 0 fully saturated rings. The average molecular weight is 368 g/mol. The van der Waals surface area contributed by atoms with Gasteiger partial charge in [-0.15, -0.1) is 11.3 Å². The van der Waals surface area contributed by atoms with Gasteiger partial charge in [0, 0.05) is 22.3 Å². The van der Waals surface area contributed by atoms with Crippen molar-refractivity contribution in [2.24, 2.45) is 0 Å². The molecule has 134 valence electrons. The third kappa shape index (κ3) is 4.83. The molecule has 1 amide bonds. The molecule has 3 rings (SSSR count). The number of hydrogen-bond acceptors (Lipinski definition) is 5. The van der Waals surface area contributed by atoms with Crippen LogP contribution in [-0.4, -0.2) is 17.5 Å². The number of nitrogens with zero attached hydrogens (tertiary/aromatic N) is 1. The molecule has 5 nitrogen and oxygen atoms in total. The first-order valence-corrected chi connectivity index (χ1v) is 9.20. The Balaban J connectivity index is 1.56. The van der Waals surface area contributed by atoms with Crippen molar-refractivity contribution >= 4 is 22.9 Å². The number of ether oxygens (including phenoxy) is 2. The number of rotatable bonds is 7. The van der Waals surface area contributed by atoms with Crippen molar-refractivity contribution in [2.75, 3.05) is 11.9 Å². The largest absolute Gasteiger partial charge is 0.494 e. The molecule has 26 heavy (non-hydrogen) atoms. The normalized spacial score (nSPS) is 10.4. The van der Waals surface area contributed by atoms with Crippen LogP contribution < -0.4 is 14.8 Å². The molecule has 2 aromatic carbocycles. The van der Waals surface area contributed by atoms with Crippen LogP contribution in [-0.2, 0) is 6.61 Å². The molecule has 3 aromatic rings. The van der Waals surface area contributed by atoms with Gasteiger partial charge >= 0.3 is 0 Å². The highest BCUT2D eigenvalue weighted by molar-refractivity contribution is 7.09. The second-order valence-corrected chi connectivity index (χ2v) is 6.55. The fourth-order valence-electron chi connectivity index (χ4n) is 2.32. The Morgan fingerprint density at radius 3 is 2.31 bits per heavy atom.